The zero-order valence-corrected chi connectivity index (χ0v) is 12.1. The van der Waals surface area contributed by atoms with Crippen LogP contribution in [0.5, 0.6) is 0 Å². The number of aliphatic hydroxyl groups is 1. The molecule has 19 heavy (non-hydrogen) atoms. The topological polar surface area (TPSA) is 45.4 Å². The fraction of sp³-hybridized carbons (Fsp3) is 0.750. The van der Waals surface area contributed by atoms with Crippen molar-refractivity contribution in [2.45, 2.75) is 70.6 Å². The molecule has 0 bridgehead atoms. The smallest absolute Gasteiger partial charge is 0.132 e. The van der Waals surface area contributed by atoms with E-state index in [9.17, 15) is 5.11 Å². The zero-order chi connectivity index (χ0) is 13.7. The third kappa shape index (κ3) is 4.36. The summed E-state index contributed by atoms with van der Waals surface area (Å²) in [5.41, 5.74) is 0. The van der Waals surface area contributed by atoms with Gasteiger partial charge in [0.1, 0.15) is 11.9 Å². The van der Waals surface area contributed by atoms with Crippen LogP contribution in [0.3, 0.4) is 0 Å². The molecule has 3 heteroatoms. The predicted octanol–water partition coefficient (Wildman–Crippen LogP) is 3.65. The highest BCUT2D eigenvalue weighted by Gasteiger charge is 2.23. The highest BCUT2D eigenvalue weighted by atomic mass is 16.4. The fourth-order valence-corrected chi connectivity index (χ4v) is 3.22. The minimum Gasteiger partial charge on any atom is -0.467 e. The molecule has 108 valence electrons. The number of hydrogen-bond acceptors (Lipinski definition) is 3. The SMILES string of the molecule is CCC1CCCC(NC(C)CC(O)c2ccco2)C1. The molecule has 1 aromatic heterocycles. The summed E-state index contributed by atoms with van der Waals surface area (Å²) in [5.74, 6) is 1.55. The molecule has 0 amide bonds. The van der Waals surface area contributed by atoms with Gasteiger partial charge in [-0.3, -0.25) is 0 Å². The summed E-state index contributed by atoms with van der Waals surface area (Å²) in [4.78, 5) is 0. The van der Waals surface area contributed by atoms with E-state index < -0.39 is 6.10 Å². The standard InChI is InChI=1S/C16H27NO2/c1-3-13-6-4-7-14(11-13)17-12(2)10-15(18)16-8-5-9-19-16/h5,8-9,12-15,17-18H,3-4,6-7,10-11H2,1-2H3. The number of rotatable bonds is 6. The highest BCUT2D eigenvalue weighted by Crippen LogP contribution is 2.27. The van der Waals surface area contributed by atoms with Gasteiger partial charge in [-0.2, -0.15) is 0 Å². The summed E-state index contributed by atoms with van der Waals surface area (Å²) in [7, 11) is 0. The molecule has 0 aromatic carbocycles. The first kappa shape index (κ1) is 14.6. The molecule has 0 aliphatic heterocycles. The molecule has 1 saturated carbocycles. The lowest BCUT2D eigenvalue weighted by molar-refractivity contribution is 0.123. The maximum absolute atomic E-state index is 10.1. The molecular formula is C16H27NO2. The van der Waals surface area contributed by atoms with E-state index in [0.29, 0.717) is 24.3 Å². The van der Waals surface area contributed by atoms with Crippen molar-refractivity contribution in [1.82, 2.24) is 5.32 Å². The Morgan fingerprint density at radius 1 is 1.47 bits per heavy atom. The summed E-state index contributed by atoms with van der Waals surface area (Å²) in [6.07, 6.45) is 8.41. The highest BCUT2D eigenvalue weighted by molar-refractivity contribution is 5.02. The van der Waals surface area contributed by atoms with Crippen molar-refractivity contribution in [3.05, 3.63) is 24.2 Å². The molecule has 0 radical (unpaired) electrons. The minimum absolute atomic E-state index is 0.320. The van der Waals surface area contributed by atoms with Crippen LogP contribution in [0.1, 0.15) is 64.2 Å². The average molecular weight is 265 g/mol. The summed E-state index contributed by atoms with van der Waals surface area (Å²) in [6.45, 7) is 4.44. The maximum atomic E-state index is 10.1. The first-order chi connectivity index (χ1) is 9.19. The third-order valence-corrected chi connectivity index (χ3v) is 4.33. The van der Waals surface area contributed by atoms with Crippen molar-refractivity contribution >= 4 is 0 Å². The molecule has 2 N–H and O–H groups in total. The Balaban J connectivity index is 1.76. The second kappa shape index (κ2) is 7.11. The summed E-state index contributed by atoms with van der Waals surface area (Å²) >= 11 is 0. The average Bonchev–Trinajstić information content (AvgIpc) is 2.92. The Morgan fingerprint density at radius 2 is 2.32 bits per heavy atom. The lowest BCUT2D eigenvalue weighted by atomic mass is 9.84. The van der Waals surface area contributed by atoms with E-state index in [1.54, 1.807) is 6.26 Å². The van der Waals surface area contributed by atoms with E-state index in [1.807, 2.05) is 12.1 Å². The van der Waals surface area contributed by atoms with E-state index in [1.165, 1.54) is 32.1 Å². The first-order valence-corrected chi connectivity index (χ1v) is 7.66. The monoisotopic (exact) mass is 265 g/mol. The molecule has 1 fully saturated rings. The van der Waals surface area contributed by atoms with Gasteiger partial charge >= 0.3 is 0 Å². The zero-order valence-electron chi connectivity index (χ0n) is 12.1. The Hall–Kier alpha value is -0.800. The van der Waals surface area contributed by atoms with Crippen molar-refractivity contribution in [3.63, 3.8) is 0 Å². The van der Waals surface area contributed by atoms with Crippen LogP contribution in [-0.2, 0) is 0 Å². The van der Waals surface area contributed by atoms with Gasteiger partial charge in [0, 0.05) is 12.1 Å². The minimum atomic E-state index is -0.497. The largest absolute Gasteiger partial charge is 0.467 e. The molecule has 4 unspecified atom stereocenters. The van der Waals surface area contributed by atoms with Crippen LogP contribution in [-0.4, -0.2) is 17.2 Å². The van der Waals surface area contributed by atoms with Gasteiger partial charge in [0.25, 0.3) is 0 Å². The lowest BCUT2D eigenvalue weighted by Gasteiger charge is -2.31. The van der Waals surface area contributed by atoms with Gasteiger partial charge in [0.05, 0.1) is 6.26 Å². The van der Waals surface area contributed by atoms with Crippen molar-refractivity contribution in [1.29, 1.82) is 0 Å². The van der Waals surface area contributed by atoms with Crippen LogP contribution in [0, 0.1) is 5.92 Å². The lowest BCUT2D eigenvalue weighted by Crippen LogP contribution is -2.40. The molecule has 3 nitrogen and oxygen atoms in total. The van der Waals surface area contributed by atoms with E-state index in [4.69, 9.17) is 4.42 Å². The summed E-state index contributed by atoms with van der Waals surface area (Å²) in [5, 5.41) is 13.7. The number of aliphatic hydroxyl groups excluding tert-OH is 1. The summed E-state index contributed by atoms with van der Waals surface area (Å²) in [6, 6.07) is 4.60. The van der Waals surface area contributed by atoms with E-state index in [0.717, 1.165) is 5.92 Å². The molecule has 4 atom stereocenters. The van der Waals surface area contributed by atoms with E-state index in [-0.39, 0.29) is 0 Å². The fourth-order valence-electron chi connectivity index (χ4n) is 3.22. The predicted molar refractivity (Wildman–Crippen MR) is 76.9 cm³/mol. The summed E-state index contributed by atoms with van der Waals surface area (Å²) < 4.78 is 5.24. The molecule has 0 spiro atoms. The van der Waals surface area contributed by atoms with Crippen LogP contribution in [0.15, 0.2) is 22.8 Å². The van der Waals surface area contributed by atoms with Gasteiger partial charge in [0.15, 0.2) is 0 Å². The molecule has 0 saturated heterocycles. The molecule has 1 aliphatic carbocycles. The molecule has 2 rings (SSSR count). The molecule has 1 aliphatic rings. The van der Waals surface area contributed by atoms with Crippen LogP contribution < -0.4 is 5.32 Å². The van der Waals surface area contributed by atoms with Crippen molar-refractivity contribution in [3.8, 4) is 0 Å². The van der Waals surface area contributed by atoms with Crippen LogP contribution >= 0.6 is 0 Å². The Labute approximate surface area is 116 Å². The third-order valence-electron chi connectivity index (χ3n) is 4.33. The van der Waals surface area contributed by atoms with E-state index >= 15 is 0 Å². The molecular weight excluding hydrogens is 238 g/mol. The Kier molecular flexibility index (Phi) is 5.46. The molecule has 1 aromatic rings. The van der Waals surface area contributed by atoms with Crippen molar-refractivity contribution < 1.29 is 9.52 Å². The Morgan fingerprint density at radius 3 is 3.00 bits per heavy atom. The molecule has 1 heterocycles. The quantitative estimate of drug-likeness (QED) is 0.825. The van der Waals surface area contributed by atoms with E-state index in [2.05, 4.69) is 19.2 Å². The number of nitrogens with one attached hydrogen (secondary N) is 1. The number of furan rings is 1. The van der Waals surface area contributed by atoms with Crippen molar-refractivity contribution in [2.75, 3.05) is 0 Å². The van der Waals surface area contributed by atoms with Crippen LogP contribution in [0.25, 0.3) is 0 Å². The van der Waals surface area contributed by atoms with Crippen LogP contribution in [0.4, 0.5) is 0 Å². The normalized spacial score (nSPS) is 27.1. The Bertz CT molecular complexity index is 350. The second-order valence-electron chi connectivity index (χ2n) is 5.97. The van der Waals surface area contributed by atoms with Gasteiger partial charge in [-0.25, -0.2) is 0 Å². The van der Waals surface area contributed by atoms with Gasteiger partial charge in [-0.05, 0) is 44.2 Å². The second-order valence-corrected chi connectivity index (χ2v) is 5.97. The van der Waals surface area contributed by atoms with Crippen LogP contribution in [0.2, 0.25) is 0 Å². The van der Waals surface area contributed by atoms with Gasteiger partial charge in [0.2, 0.25) is 0 Å². The van der Waals surface area contributed by atoms with Gasteiger partial charge < -0.3 is 14.8 Å². The maximum Gasteiger partial charge on any atom is 0.132 e. The van der Waals surface area contributed by atoms with Gasteiger partial charge in [-0.1, -0.05) is 26.2 Å². The van der Waals surface area contributed by atoms with Gasteiger partial charge in [-0.15, -0.1) is 0 Å². The van der Waals surface area contributed by atoms with Crippen molar-refractivity contribution in [2.24, 2.45) is 5.92 Å². The first-order valence-electron chi connectivity index (χ1n) is 7.66. The number of hydrogen-bond donors (Lipinski definition) is 2.